The Balaban J connectivity index is 1.49. The van der Waals surface area contributed by atoms with E-state index < -0.39 is 6.04 Å². The van der Waals surface area contributed by atoms with Gasteiger partial charge in [-0.2, -0.15) is 5.10 Å². The molecule has 0 fully saturated rings. The molecule has 6 rings (SSSR count). The van der Waals surface area contributed by atoms with Crippen LogP contribution < -0.4 is 20.2 Å². The molecule has 1 aliphatic heterocycles. The highest BCUT2D eigenvalue weighted by Gasteiger charge is 2.34. The predicted molar refractivity (Wildman–Crippen MR) is 160 cm³/mol. The Hall–Kier alpha value is -4.76. The fourth-order valence-electron chi connectivity index (χ4n) is 5.20. The number of para-hydroxylation sites is 2. The van der Waals surface area contributed by atoms with Gasteiger partial charge in [0.25, 0.3) is 11.5 Å². The Morgan fingerprint density at radius 2 is 1.71 bits per heavy atom. The molecule has 8 nitrogen and oxygen atoms in total. The fourth-order valence-corrected chi connectivity index (χ4v) is 6.23. The normalized spacial score (nSPS) is 15.1. The maximum Gasteiger partial charge on any atom is 0.271 e. The number of allylic oxidation sites excluding steroid dienone is 1. The number of nitrogens with one attached hydrogen (secondary N) is 1. The highest BCUT2D eigenvalue weighted by atomic mass is 32.1. The Bertz CT molecular complexity index is 2020. The van der Waals surface area contributed by atoms with Crippen LogP contribution in [0.1, 0.15) is 47.0 Å². The van der Waals surface area contributed by atoms with Crippen LogP contribution in [0.3, 0.4) is 0 Å². The van der Waals surface area contributed by atoms with Crippen molar-refractivity contribution in [3.63, 3.8) is 0 Å². The van der Waals surface area contributed by atoms with Crippen molar-refractivity contribution >= 4 is 29.0 Å². The highest BCUT2D eigenvalue weighted by molar-refractivity contribution is 7.07. The van der Waals surface area contributed by atoms with E-state index in [0.29, 0.717) is 37.8 Å². The number of aryl methyl sites for hydroxylation is 3. The third-order valence-electron chi connectivity index (χ3n) is 7.31. The molecule has 41 heavy (non-hydrogen) atoms. The summed E-state index contributed by atoms with van der Waals surface area (Å²) in [5.74, 6) is 0.864. The maximum absolute atomic E-state index is 14.1. The summed E-state index contributed by atoms with van der Waals surface area (Å²) in [6.45, 7) is 9.49. The summed E-state index contributed by atoms with van der Waals surface area (Å²) in [6.07, 6.45) is 1.87. The van der Waals surface area contributed by atoms with Gasteiger partial charge in [-0.3, -0.25) is 14.2 Å². The molecule has 0 saturated heterocycles. The van der Waals surface area contributed by atoms with Crippen LogP contribution in [0.4, 0.5) is 5.69 Å². The molecule has 5 aromatic rings. The summed E-state index contributed by atoms with van der Waals surface area (Å²) >= 11 is 1.29. The van der Waals surface area contributed by atoms with Crippen LogP contribution in [0.5, 0.6) is 0 Å². The second-order valence-electron chi connectivity index (χ2n) is 10.1. The van der Waals surface area contributed by atoms with Crippen LogP contribution in [0.2, 0.25) is 0 Å². The molecule has 2 aromatic carbocycles. The van der Waals surface area contributed by atoms with Gasteiger partial charge in [-0.25, -0.2) is 9.67 Å². The Kier molecular flexibility index (Phi) is 6.67. The number of benzene rings is 2. The smallest absolute Gasteiger partial charge is 0.271 e. The first-order chi connectivity index (χ1) is 19.7. The van der Waals surface area contributed by atoms with Gasteiger partial charge in [-0.05, 0) is 76.6 Å². The molecule has 0 radical (unpaired) electrons. The molecule has 0 aliphatic carbocycles. The van der Waals surface area contributed by atoms with Gasteiger partial charge >= 0.3 is 0 Å². The zero-order valence-corrected chi connectivity index (χ0v) is 24.2. The van der Waals surface area contributed by atoms with E-state index in [4.69, 9.17) is 14.5 Å². The Morgan fingerprint density at radius 3 is 2.41 bits per heavy atom. The first-order valence-electron chi connectivity index (χ1n) is 13.3. The summed E-state index contributed by atoms with van der Waals surface area (Å²) in [4.78, 5) is 33.1. The third-order valence-corrected chi connectivity index (χ3v) is 8.30. The lowest BCUT2D eigenvalue weighted by Gasteiger charge is -2.23. The van der Waals surface area contributed by atoms with Gasteiger partial charge in [0.05, 0.1) is 27.2 Å². The molecule has 206 valence electrons. The molecular weight excluding hydrogens is 534 g/mol. The maximum atomic E-state index is 14.1. The van der Waals surface area contributed by atoms with E-state index in [-0.39, 0.29) is 11.5 Å². The molecule has 9 heteroatoms. The van der Waals surface area contributed by atoms with E-state index in [1.165, 1.54) is 11.3 Å². The van der Waals surface area contributed by atoms with Crippen molar-refractivity contribution in [1.29, 1.82) is 0 Å². The van der Waals surface area contributed by atoms with Crippen LogP contribution in [0.25, 0.3) is 11.8 Å². The largest absolute Gasteiger partial charge is 0.464 e. The number of nitrogens with zero attached hydrogens (tertiary/aromatic N) is 4. The van der Waals surface area contributed by atoms with Crippen LogP contribution in [0.15, 0.2) is 92.2 Å². The quantitative estimate of drug-likeness (QED) is 0.330. The van der Waals surface area contributed by atoms with Gasteiger partial charge in [0, 0.05) is 16.9 Å². The molecule has 0 bridgehead atoms. The lowest BCUT2D eigenvalue weighted by Crippen LogP contribution is -2.40. The number of furan rings is 1. The van der Waals surface area contributed by atoms with Gasteiger partial charge in [-0.15, -0.1) is 0 Å². The lowest BCUT2D eigenvalue weighted by molar-refractivity contribution is -0.113. The molecule has 0 spiro atoms. The topological polar surface area (TPSA) is 94.4 Å². The summed E-state index contributed by atoms with van der Waals surface area (Å²) in [5.41, 5.74) is 5.85. The second kappa shape index (κ2) is 10.3. The van der Waals surface area contributed by atoms with Crippen molar-refractivity contribution < 1.29 is 9.21 Å². The first-order valence-corrected chi connectivity index (χ1v) is 14.1. The van der Waals surface area contributed by atoms with Gasteiger partial charge in [0.15, 0.2) is 4.80 Å². The van der Waals surface area contributed by atoms with Crippen molar-refractivity contribution in [1.82, 2.24) is 14.3 Å². The predicted octanol–water partition coefficient (Wildman–Crippen LogP) is 4.89. The number of hydrogen-bond donors (Lipinski definition) is 1. The van der Waals surface area contributed by atoms with E-state index >= 15 is 0 Å². The number of carbonyl (C=O) groups excluding carboxylic acids is 1. The molecule has 0 unspecified atom stereocenters. The minimum absolute atomic E-state index is 0.243. The third kappa shape index (κ3) is 4.68. The van der Waals surface area contributed by atoms with Crippen molar-refractivity contribution in [2.24, 2.45) is 4.99 Å². The van der Waals surface area contributed by atoms with Gasteiger partial charge in [0.1, 0.15) is 17.6 Å². The van der Waals surface area contributed by atoms with Crippen LogP contribution >= 0.6 is 11.3 Å². The van der Waals surface area contributed by atoms with E-state index in [0.717, 1.165) is 28.2 Å². The summed E-state index contributed by atoms with van der Waals surface area (Å²) in [6, 6.07) is 20.3. The number of rotatable bonds is 5. The Morgan fingerprint density at radius 1 is 0.976 bits per heavy atom. The van der Waals surface area contributed by atoms with Crippen molar-refractivity contribution in [3.8, 4) is 5.69 Å². The lowest BCUT2D eigenvalue weighted by atomic mass is 10.00. The number of fused-ring (bicyclic) bond motifs is 1. The molecular formula is C32H29N5O3S. The number of carbonyl (C=O) groups is 1. The van der Waals surface area contributed by atoms with Gasteiger partial charge in [0.2, 0.25) is 0 Å². The second-order valence-corrected chi connectivity index (χ2v) is 11.1. The average molecular weight is 564 g/mol. The number of aromatic nitrogens is 3. The zero-order chi connectivity index (χ0) is 28.8. The molecule has 3 aromatic heterocycles. The van der Waals surface area contributed by atoms with E-state index in [1.807, 2.05) is 105 Å². The van der Waals surface area contributed by atoms with Crippen LogP contribution in [-0.2, 0) is 4.79 Å². The zero-order valence-electron chi connectivity index (χ0n) is 23.4. The fraction of sp³-hybridized carbons (Fsp3) is 0.188. The molecule has 1 atom stereocenters. The summed E-state index contributed by atoms with van der Waals surface area (Å²) in [7, 11) is 0. The standard InChI is InChI=1S/C32H29N5O3S/c1-18-11-9-10-14-25(18)34-30(38)28-21(4)33-32-36(29(28)26-16-15-19(2)40-26)31(39)27(41-32)17-24-20(3)35-37(22(24)5)23-12-7-6-8-13-23/h6-17,29H,1-5H3,(H,34,38)/b27-17+/t29-/m0/s1. The SMILES string of the molecule is CC1=C(C(=O)Nc2ccccc2C)[C@H](c2ccc(C)o2)n2c(s/c(=C/c3c(C)nn(-c4ccccc4)c3C)c2=O)=N1. The number of hydrogen-bond acceptors (Lipinski definition) is 6. The van der Waals surface area contributed by atoms with Crippen LogP contribution in [-0.4, -0.2) is 20.3 Å². The van der Waals surface area contributed by atoms with E-state index in [1.54, 1.807) is 11.5 Å². The highest BCUT2D eigenvalue weighted by Crippen LogP contribution is 2.32. The van der Waals surface area contributed by atoms with Crippen molar-refractivity contribution in [3.05, 3.63) is 132 Å². The van der Waals surface area contributed by atoms with E-state index in [2.05, 4.69) is 5.32 Å². The van der Waals surface area contributed by atoms with Crippen molar-refractivity contribution in [2.45, 2.75) is 40.7 Å². The summed E-state index contributed by atoms with van der Waals surface area (Å²) < 4.78 is 9.98. The minimum Gasteiger partial charge on any atom is -0.464 e. The first kappa shape index (κ1) is 26.5. The van der Waals surface area contributed by atoms with Crippen molar-refractivity contribution in [2.75, 3.05) is 5.32 Å². The monoisotopic (exact) mass is 563 g/mol. The average Bonchev–Trinajstić information content (AvgIpc) is 3.61. The van der Waals surface area contributed by atoms with Gasteiger partial charge in [-0.1, -0.05) is 47.7 Å². The minimum atomic E-state index is -0.764. The molecule has 4 heterocycles. The number of thiazole rings is 1. The molecule has 1 N–H and O–H groups in total. The number of amides is 1. The summed E-state index contributed by atoms with van der Waals surface area (Å²) in [5, 5.41) is 7.75. The molecule has 1 amide bonds. The van der Waals surface area contributed by atoms with E-state index in [9.17, 15) is 9.59 Å². The Labute approximate surface area is 240 Å². The van der Waals surface area contributed by atoms with Gasteiger partial charge < -0.3 is 9.73 Å². The molecule has 1 aliphatic rings. The molecule has 0 saturated carbocycles. The number of anilines is 1. The van der Waals surface area contributed by atoms with Crippen LogP contribution in [0, 0.1) is 27.7 Å².